The highest BCUT2D eigenvalue weighted by atomic mass is 79.9. The molecule has 0 bridgehead atoms. The van der Waals surface area contributed by atoms with Gasteiger partial charge in [-0.15, -0.1) is 0 Å². The zero-order valence-electron chi connectivity index (χ0n) is 12.9. The normalized spacial score (nSPS) is 19.0. The number of aryl methyl sites for hydroxylation is 2. The minimum atomic E-state index is -0.147. The number of rotatable bonds is 4. The van der Waals surface area contributed by atoms with Crippen molar-refractivity contribution in [3.05, 3.63) is 51.1 Å². The van der Waals surface area contributed by atoms with Gasteiger partial charge >= 0.3 is 0 Å². The average molecular weight is 367 g/mol. The molecule has 118 valence electrons. The molecule has 3 nitrogen and oxygen atoms in total. The summed E-state index contributed by atoms with van der Waals surface area (Å²) in [7, 11) is 0. The first-order valence-corrected chi connectivity index (χ1v) is 8.52. The highest BCUT2D eigenvalue weighted by Crippen LogP contribution is 2.37. The fourth-order valence-corrected chi connectivity index (χ4v) is 3.74. The monoisotopic (exact) mass is 366 g/mol. The van der Waals surface area contributed by atoms with Crippen LogP contribution < -0.4 is 0 Å². The Morgan fingerprint density at radius 3 is 3.05 bits per heavy atom. The Kier molecular flexibility index (Phi) is 4.64. The highest BCUT2D eigenvalue weighted by Gasteiger charge is 2.31. The number of benzene rings is 1. The first-order valence-electron chi connectivity index (χ1n) is 7.73. The number of nitrogens with zero attached hydrogens (tertiary/aromatic N) is 2. The third kappa shape index (κ3) is 2.97. The van der Waals surface area contributed by atoms with E-state index in [2.05, 4.69) is 32.9 Å². The lowest BCUT2D eigenvalue weighted by molar-refractivity contribution is 0.241. The largest absolute Gasteiger partial charge is 0.361 e. The van der Waals surface area contributed by atoms with Crippen molar-refractivity contribution in [2.75, 3.05) is 6.54 Å². The molecule has 22 heavy (non-hydrogen) atoms. The fraction of sp³-hybridized carbons (Fsp3) is 0.471. The third-order valence-electron chi connectivity index (χ3n) is 4.38. The molecule has 5 heteroatoms. The maximum absolute atomic E-state index is 14.0. The Balaban J connectivity index is 1.87. The Morgan fingerprint density at radius 1 is 1.45 bits per heavy atom. The molecule has 1 aromatic heterocycles. The Hall–Kier alpha value is -1.20. The second kappa shape index (κ2) is 6.50. The summed E-state index contributed by atoms with van der Waals surface area (Å²) in [6, 6.07) is 5.40. The predicted molar refractivity (Wildman–Crippen MR) is 87.1 cm³/mol. The van der Waals surface area contributed by atoms with E-state index in [0.717, 1.165) is 47.3 Å². The van der Waals surface area contributed by atoms with E-state index >= 15 is 0 Å². The first-order chi connectivity index (χ1) is 10.6. The van der Waals surface area contributed by atoms with Gasteiger partial charge in [-0.1, -0.05) is 28.0 Å². The summed E-state index contributed by atoms with van der Waals surface area (Å²) in [4.78, 5) is 2.34. The molecule has 0 saturated carbocycles. The summed E-state index contributed by atoms with van der Waals surface area (Å²) < 4.78 is 20.4. The van der Waals surface area contributed by atoms with Crippen LogP contribution in [0.1, 0.15) is 48.4 Å². The topological polar surface area (TPSA) is 29.3 Å². The van der Waals surface area contributed by atoms with E-state index in [1.807, 2.05) is 13.0 Å². The summed E-state index contributed by atoms with van der Waals surface area (Å²) in [6.07, 6.45) is 3.03. The van der Waals surface area contributed by atoms with Gasteiger partial charge in [-0.05, 0) is 44.5 Å². The van der Waals surface area contributed by atoms with Crippen molar-refractivity contribution in [1.29, 1.82) is 0 Å². The van der Waals surface area contributed by atoms with Gasteiger partial charge < -0.3 is 4.52 Å². The van der Waals surface area contributed by atoms with Gasteiger partial charge in [0.1, 0.15) is 11.6 Å². The summed E-state index contributed by atoms with van der Waals surface area (Å²) >= 11 is 3.42. The summed E-state index contributed by atoms with van der Waals surface area (Å²) in [6.45, 7) is 5.67. The van der Waals surface area contributed by atoms with Crippen molar-refractivity contribution in [3.8, 4) is 0 Å². The SMILES string of the molecule is CCc1onc(C)c1[C@@H]1CCCN1Cc1cc(Br)ccc1F. The number of likely N-dealkylation sites (tertiary alicyclic amines) is 1. The third-order valence-corrected chi connectivity index (χ3v) is 4.88. The molecule has 2 aromatic rings. The number of hydrogen-bond acceptors (Lipinski definition) is 3. The fourth-order valence-electron chi connectivity index (χ4n) is 3.33. The van der Waals surface area contributed by atoms with Crippen LogP contribution in [0.2, 0.25) is 0 Å². The van der Waals surface area contributed by atoms with Gasteiger partial charge in [-0.2, -0.15) is 0 Å². The maximum Gasteiger partial charge on any atom is 0.141 e. The lowest BCUT2D eigenvalue weighted by atomic mass is 10.0. The average Bonchev–Trinajstić information content (AvgIpc) is 3.08. The van der Waals surface area contributed by atoms with Crippen molar-refractivity contribution >= 4 is 15.9 Å². The van der Waals surface area contributed by atoms with E-state index in [1.54, 1.807) is 6.07 Å². The van der Waals surface area contributed by atoms with E-state index < -0.39 is 0 Å². The Morgan fingerprint density at radius 2 is 2.27 bits per heavy atom. The number of halogens is 2. The van der Waals surface area contributed by atoms with Crippen LogP contribution in [0.5, 0.6) is 0 Å². The van der Waals surface area contributed by atoms with Crippen molar-refractivity contribution in [3.63, 3.8) is 0 Å². The van der Waals surface area contributed by atoms with E-state index in [0.29, 0.717) is 6.54 Å². The zero-order chi connectivity index (χ0) is 15.7. The molecule has 0 aliphatic carbocycles. The molecule has 0 spiro atoms. The van der Waals surface area contributed by atoms with E-state index in [4.69, 9.17) is 4.52 Å². The highest BCUT2D eigenvalue weighted by molar-refractivity contribution is 9.10. The second-order valence-electron chi connectivity index (χ2n) is 5.82. The van der Waals surface area contributed by atoms with Gasteiger partial charge in [0, 0.05) is 34.6 Å². The minimum absolute atomic E-state index is 0.147. The Labute approximate surface area is 138 Å². The molecule has 1 atom stereocenters. The lowest BCUT2D eigenvalue weighted by Crippen LogP contribution is -2.24. The van der Waals surface area contributed by atoms with Gasteiger partial charge in [0.15, 0.2) is 0 Å². The number of hydrogen-bond donors (Lipinski definition) is 0. The lowest BCUT2D eigenvalue weighted by Gasteiger charge is -2.25. The van der Waals surface area contributed by atoms with E-state index in [-0.39, 0.29) is 11.9 Å². The van der Waals surface area contributed by atoms with Crippen LogP contribution in [0.4, 0.5) is 4.39 Å². The van der Waals surface area contributed by atoms with Gasteiger partial charge in [0.25, 0.3) is 0 Å². The predicted octanol–water partition coefficient (Wildman–Crippen LogP) is 4.78. The van der Waals surface area contributed by atoms with Crippen molar-refractivity contribution < 1.29 is 8.91 Å². The van der Waals surface area contributed by atoms with E-state index in [1.165, 1.54) is 11.6 Å². The molecular weight excluding hydrogens is 347 g/mol. The van der Waals surface area contributed by atoms with Crippen molar-refractivity contribution in [1.82, 2.24) is 10.1 Å². The summed E-state index contributed by atoms with van der Waals surface area (Å²) in [5, 5.41) is 4.12. The molecule has 1 aliphatic heterocycles. The molecule has 1 aliphatic rings. The molecule has 1 aromatic carbocycles. The van der Waals surface area contributed by atoms with Crippen molar-refractivity contribution in [2.24, 2.45) is 0 Å². The Bertz CT molecular complexity index is 671. The molecule has 0 radical (unpaired) electrons. The van der Waals surface area contributed by atoms with Gasteiger partial charge in [-0.25, -0.2) is 4.39 Å². The molecule has 0 N–H and O–H groups in total. The quantitative estimate of drug-likeness (QED) is 0.779. The van der Waals surface area contributed by atoms with Gasteiger partial charge in [0.05, 0.1) is 5.69 Å². The second-order valence-corrected chi connectivity index (χ2v) is 6.74. The minimum Gasteiger partial charge on any atom is -0.361 e. The molecular formula is C17H20BrFN2O. The molecule has 2 heterocycles. The molecule has 1 saturated heterocycles. The van der Waals surface area contributed by atoms with Crippen LogP contribution in [-0.4, -0.2) is 16.6 Å². The van der Waals surface area contributed by atoms with Crippen LogP contribution in [0, 0.1) is 12.7 Å². The van der Waals surface area contributed by atoms with Gasteiger partial charge in [-0.3, -0.25) is 4.90 Å². The molecule has 1 fully saturated rings. The smallest absolute Gasteiger partial charge is 0.141 e. The molecule has 0 amide bonds. The molecule has 0 unspecified atom stereocenters. The standard InChI is InChI=1S/C17H20BrFN2O/c1-3-16-17(11(2)20-22-16)15-5-4-8-21(15)10-12-9-13(18)6-7-14(12)19/h6-7,9,15H,3-5,8,10H2,1-2H3/t15-/m0/s1. The van der Waals surface area contributed by atoms with Crippen LogP contribution in [-0.2, 0) is 13.0 Å². The van der Waals surface area contributed by atoms with E-state index in [9.17, 15) is 4.39 Å². The van der Waals surface area contributed by atoms with Crippen LogP contribution in [0.3, 0.4) is 0 Å². The van der Waals surface area contributed by atoms with Crippen LogP contribution in [0.15, 0.2) is 27.2 Å². The summed E-state index contributed by atoms with van der Waals surface area (Å²) in [5.41, 5.74) is 2.90. The zero-order valence-corrected chi connectivity index (χ0v) is 14.5. The number of aromatic nitrogens is 1. The van der Waals surface area contributed by atoms with Gasteiger partial charge in [0.2, 0.25) is 0 Å². The maximum atomic E-state index is 14.0. The first kappa shape index (κ1) is 15.7. The van der Waals surface area contributed by atoms with Crippen molar-refractivity contribution in [2.45, 2.75) is 45.7 Å². The molecule has 3 rings (SSSR count). The van der Waals surface area contributed by atoms with Crippen LogP contribution in [0.25, 0.3) is 0 Å². The summed E-state index contributed by atoms with van der Waals surface area (Å²) in [5.74, 6) is 0.815. The van der Waals surface area contributed by atoms with Crippen LogP contribution >= 0.6 is 15.9 Å².